The van der Waals surface area contributed by atoms with Crippen molar-refractivity contribution in [1.29, 1.82) is 0 Å². The zero-order valence-corrected chi connectivity index (χ0v) is 8.49. The van der Waals surface area contributed by atoms with Crippen molar-refractivity contribution in [3.05, 3.63) is 47.7 Å². The van der Waals surface area contributed by atoms with Gasteiger partial charge in [-0.25, -0.2) is 0 Å². The Balaban J connectivity index is 2.79. The number of aryl methyl sites for hydroxylation is 1. The van der Waals surface area contributed by atoms with Gasteiger partial charge in [0.15, 0.2) is 0 Å². The Labute approximate surface area is 84.1 Å². The third-order valence-corrected chi connectivity index (χ3v) is 2.22. The van der Waals surface area contributed by atoms with Crippen molar-refractivity contribution in [3.63, 3.8) is 0 Å². The molecule has 1 nitrogen and oxygen atoms in total. The van der Waals surface area contributed by atoms with Crippen LogP contribution in [0.1, 0.15) is 18.2 Å². The molecule has 1 heterocycles. The molecule has 0 saturated carbocycles. The van der Waals surface area contributed by atoms with E-state index >= 15 is 0 Å². The normalized spacial score (nSPS) is 11.3. The number of fused-ring (bicyclic) bond motifs is 1. The third-order valence-electron chi connectivity index (χ3n) is 2.22. The first kappa shape index (κ1) is 8.95. The van der Waals surface area contributed by atoms with Gasteiger partial charge in [-0.15, -0.1) is 0 Å². The standard InChI is InChI=1S/C13H13N/c1-3-6-11-9-10(2)14-13-8-5-4-7-12(11)13/h3-9H,1-2H3/b6-3+. The van der Waals surface area contributed by atoms with E-state index in [9.17, 15) is 0 Å². The van der Waals surface area contributed by atoms with Gasteiger partial charge in [0.2, 0.25) is 0 Å². The highest BCUT2D eigenvalue weighted by atomic mass is 14.7. The monoisotopic (exact) mass is 183 g/mol. The van der Waals surface area contributed by atoms with Gasteiger partial charge in [0.05, 0.1) is 5.52 Å². The zero-order chi connectivity index (χ0) is 9.97. The smallest absolute Gasteiger partial charge is 0.0711 e. The molecule has 2 aromatic rings. The summed E-state index contributed by atoms with van der Waals surface area (Å²) < 4.78 is 0. The van der Waals surface area contributed by atoms with Crippen molar-refractivity contribution in [2.75, 3.05) is 0 Å². The molecule has 0 amide bonds. The highest BCUT2D eigenvalue weighted by molar-refractivity contribution is 5.87. The van der Waals surface area contributed by atoms with Gasteiger partial charge < -0.3 is 0 Å². The van der Waals surface area contributed by atoms with E-state index < -0.39 is 0 Å². The van der Waals surface area contributed by atoms with Crippen LogP contribution in [0, 0.1) is 6.92 Å². The molecule has 0 atom stereocenters. The van der Waals surface area contributed by atoms with Crippen molar-refractivity contribution in [2.45, 2.75) is 13.8 Å². The van der Waals surface area contributed by atoms with Crippen LogP contribution >= 0.6 is 0 Å². The first-order chi connectivity index (χ1) is 6.81. The molecule has 1 heteroatoms. The van der Waals surface area contributed by atoms with Crippen LogP contribution in [0.4, 0.5) is 0 Å². The molecular weight excluding hydrogens is 170 g/mol. The molecular formula is C13H13N. The maximum absolute atomic E-state index is 4.48. The summed E-state index contributed by atoms with van der Waals surface area (Å²) in [5, 5.41) is 1.22. The topological polar surface area (TPSA) is 12.9 Å². The van der Waals surface area contributed by atoms with E-state index in [1.54, 1.807) is 0 Å². The zero-order valence-electron chi connectivity index (χ0n) is 8.49. The molecule has 0 aliphatic rings. The van der Waals surface area contributed by atoms with Crippen LogP contribution in [0.15, 0.2) is 36.4 Å². The summed E-state index contributed by atoms with van der Waals surface area (Å²) in [6, 6.07) is 10.3. The maximum Gasteiger partial charge on any atom is 0.0711 e. The van der Waals surface area contributed by atoms with Gasteiger partial charge in [-0.05, 0) is 31.5 Å². The first-order valence-electron chi connectivity index (χ1n) is 4.80. The van der Waals surface area contributed by atoms with E-state index in [4.69, 9.17) is 0 Å². The SMILES string of the molecule is C/C=C/c1cc(C)nc2ccccc12. The number of benzene rings is 1. The van der Waals surface area contributed by atoms with Crippen LogP contribution < -0.4 is 0 Å². The summed E-state index contributed by atoms with van der Waals surface area (Å²) >= 11 is 0. The predicted molar refractivity (Wildman–Crippen MR) is 61.2 cm³/mol. The number of nitrogens with zero attached hydrogens (tertiary/aromatic N) is 1. The molecule has 14 heavy (non-hydrogen) atoms. The lowest BCUT2D eigenvalue weighted by Gasteiger charge is -2.03. The van der Waals surface area contributed by atoms with Crippen LogP contribution in [-0.2, 0) is 0 Å². The minimum absolute atomic E-state index is 1.07. The molecule has 0 aliphatic carbocycles. The number of rotatable bonds is 1. The summed E-state index contributed by atoms with van der Waals surface area (Å²) in [5.41, 5.74) is 3.38. The number of hydrogen-bond donors (Lipinski definition) is 0. The van der Waals surface area contributed by atoms with Gasteiger partial charge in [-0.1, -0.05) is 30.4 Å². The molecule has 1 aromatic carbocycles. The number of pyridine rings is 1. The van der Waals surface area contributed by atoms with Crippen molar-refractivity contribution in [2.24, 2.45) is 0 Å². The average Bonchev–Trinajstić information content (AvgIpc) is 2.18. The second kappa shape index (κ2) is 3.62. The van der Waals surface area contributed by atoms with Gasteiger partial charge in [-0.3, -0.25) is 4.98 Å². The first-order valence-corrected chi connectivity index (χ1v) is 4.80. The lowest BCUT2D eigenvalue weighted by molar-refractivity contribution is 1.25. The minimum Gasteiger partial charge on any atom is -0.253 e. The summed E-state index contributed by atoms with van der Waals surface area (Å²) in [7, 11) is 0. The molecule has 1 aromatic heterocycles. The Hall–Kier alpha value is -1.63. The van der Waals surface area contributed by atoms with Gasteiger partial charge in [0.25, 0.3) is 0 Å². The molecule has 0 aliphatic heterocycles. The molecule has 0 fully saturated rings. The molecule has 0 bridgehead atoms. The Kier molecular flexibility index (Phi) is 2.32. The molecule has 0 unspecified atom stereocenters. The maximum atomic E-state index is 4.48. The van der Waals surface area contributed by atoms with Crippen molar-refractivity contribution in [1.82, 2.24) is 4.98 Å². The predicted octanol–water partition coefficient (Wildman–Crippen LogP) is 3.58. The van der Waals surface area contributed by atoms with Crippen molar-refractivity contribution >= 4 is 17.0 Å². The highest BCUT2D eigenvalue weighted by Gasteiger charge is 1.99. The van der Waals surface area contributed by atoms with Gasteiger partial charge in [-0.2, -0.15) is 0 Å². The molecule has 0 saturated heterocycles. The molecule has 0 spiro atoms. The van der Waals surface area contributed by atoms with E-state index in [1.165, 1.54) is 10.9 Å². The summed E-state index contributed by atoms with van der Waals surface area (Å²) in [4.78, 5) is 4.48. The second-order valence-corrected chi connectivity index (χ2v) is 3.37. The van der Waals surface area contributed by atoms with Gasteiger partial charge in [0.1, 0.15) is 0 Å². The highest BCUT2D eigenvalue weighted by Crippen LogP contribution is 2.19. The fraction of sp³-hybridized carbons (Fsp3) is 0.154. The van der Waals surface area contributed by atoms with E-state index in [0.717, 1.165) is 11.2 Å². The fourth-order valence-electron chi connectivity index (χ4n) is 1.66. The van der Waals surface area contributed by atoms with Crippen molar-refractivity contribution in [3.8, 4) is 0 Å². The number of aromatic nitrogens is 1. The Morgan fingerprint density at radius 2 is 2.00 bits per heavy atom. The second-order valence-electron chi connectivity index (χ2n) is 3.37. The van der Waals surface area contributed by atoms with Crippen molar-refractivity contribution < 1.29 is 0 Å². The molecule has 0 radical (unpaired) electrons. The molecule has 70 valence electrons. The van der Waals surface area contributed by atoms with Gasteiger partial charge >= 0.3 is 0 Å². The van der Waals surface area contributed by atoms with Crippen LogP contribution in [0.3, 0.4) is 0 Å². The van der Waals surface area contributed by atoms with E-state index in [0.29, 0.717) is 0 Å². The number of allylic oxidation sites excluding steroid dienone is 1. The number of para-hydroxylation sites is 1. The summed E-state index contributed by atoms with van der Waals surface area (Å²) in [6.07, 6.45) is 4.18. The summed E-state index contributed by atoms with van der Waals surface area (Å²) in [6.45, 7) is 4.06. The van der Waals surface area contributed by atoms with Crippen LogP contribution in [0.2, 0.25) is 0 Å². The molecule has 0 N–H and O–H groups in total. The molecule has 2 rings (SSSR count). The third kappa shape index (κ3) is 1.53. The van der Waals surface area contributed by atoms with E-state index in [-0.39, 0.29) is 0 Å². The minimum atomic E-state index is 1.07. The largest absolute Gasteiger partial charge is 0.253 e. The van der Waals surface area contributed by atoms with Crippen LogP contribution in [-0.4, -0.2) is 4.98 Å². The van der Waals surface area contributed by atoms with Crippen LogP contribution in [0.25, 0.3) is 17.0 Å². The lowest BCUT2D eigenvalue weighted by Crippen LogP contribution is -1.86. The Morgan fingerprint density at radius 1 is 1.21 bits per heavy atom. The van der Waals surface area contributed by atoms with Gasteiger partial charge in [0, 0.05) is 11.1 Å². The average molecular weight is 183 g/mol. The van der Waals surface area contributed by atoms with E-state index in [2.05, 4.69) is 35.3 Å². The Bertz CT molecular complexity index is 484. The summed E-state index contributed by atoms with van der Waals surface area (Å²) in [5.74, 6) is 0. The fourth-order valence-corrected chi connectivity index (χ4v) is 1.66. The quantitative estimate of drug-likeness (QED) is 0.658. The van der Waals surface area contributed by atoms with E-state index in [1.807, 2.05) is 26.0 Å². The lowest BCUT2D eigenvalue weighted by atomic mass is 10.1. The van der Waals surface area contributed by atoms with Crippen LogP contribution in [0.5, 0.6) is 0 Å². The Morgan fingerprint density at radius 3 is 2.79 bits per heavy atom. The number of hydrogen-bond acceptors (Lipinski definition) is 1.